The molecule has 1 N–H and O–H groups in total. The molecule has 1 aromatic carbocycles. The minimum absolute atomic E-state index is 0.0321. The second-order valence-electron chi connectivity index (χ2n) is 13.8. The molecule has 1 saturated heterocycles. The van der Waals surface area contributed by atoms with Gasteiger partial charge in [-0.1, -0.05) is 46.8 Å². The number of ether oxygens (including phenoxy) is 2. The first-order chi connectivity index (χ1) is 15.0. The van der Waals surface area contributed by atoms with Gasteiger partial charge in [0, 0.05) is 6.54 Å². The zero-order valence-corrected chi connectivity index (χ0v) is 21.3. The van der Waals surface area contributed by atoms with E-state index in [1.54, 1.807) is 0 Å². The largest absolute Gasteiger partial charge is 0.465 e. The van der Waals surface area contributed by atoms with Gasteiger partial charge in [0.1, 0.15) is 5.75 Å². The van der Waals surface area contributed by atoms with Gasteiger partial charge in [0.2, 0.25) is 0 Å². The standard InChI is InChI=1S/C29H45NO2/c1-20(31-19-28-14-21-11-22(15-28)13-23(12-21)16-28)32-25-9-7-24(8-10-25)29(17-26(2,3)4)27(5,6)18-30-29/h7-10,20-23,30H,11-19H2,1-6H3. The molecular weight excluding hydrogens is 394 g/mol. The SMILES string of the molecule is CC(OCC12CC3CC(CC(C3)C1)C2)Oc1ccc(C2(CC(C)(C)C)NCC2(C)C)cc1. The van der Waals surface area contributed by atoms with Crippen LogP contribution in [0.25, 0.3) is 0 Å². The summed E-state index contributed by atoms with van der Waals surface area (Å²) in [5, 5.41) is 3.80. The molecule has 6 rings (SSSR count). The highest BCUT2D eigenvalue weighted by molar-refractivity contribution is 5.36. The van der Waals surface area contributed by atoms with Crippen molar-refractivity contribution in [2.45, 2.75) is 98.3 Å². The molecule has 5 aliphatic rings. The molecule has 2 atom stereocenters. The fraction of sp³-hybridized carbons (Fsp3) is 0.793. The quantitative estimate of drug-likeness (QED) is 0.468. The normalized spacial score (nSPS) is 38.4. The predicted molar refractivity (Wildman–Crippen MR) is 131 cm³/mol. The van der Waals surface area contributed by atoms with Crippen molar-refractivity contribution in [2.75, 3.05) is 13.2 Å². The third kappa shape index (κ3) is 4.13. The predicted octanol–water partition coefficient (Wildman–Crippen LogP) is 6.91. The van der Waals surface area contributed by atoms with Crippen LogP contribution in [0.2, 0.25) is 0 Å². The lowest BCUT2D eigenvalue weighted by molar-refractivity contribution is -0.146. The first kappa shape index (κ1) is 22.7. The summed E-state index contributed by atoms with van der Waals surface area (Å²) in [6, 6.07) is 8.81. The van der Waals surface area contributed by atoms with Gasteiger partial charge in [0.25, 0.3) is 0 Å². The van der Waals surface area contributed by atoms with E-state index in [1.165, 1.54) is 44.1 Å². The van der Waals surface area contributed by atoms with E-state index in [2.05, 4.69) is 71.1 Å². The van der Waals surface area contributed by atoms with Crippen LogP contribution in [0, 0.1) is 34.0 Å². The molecule has 0 aromatic heterocycles. The molecule has 4 bridgehead atoms. The maximum absolute atomic E-state index is 6.32. The Bertz CT molecular complexity index is 785. The van der Waals surface area contributed by atoms with E-state index < -0.39 is 0 Å². The third-order valence-electron chi connectivity index (χ3n) is 9.22. The Morgan fingerprint density at radius 3 is 1.97 bits per heavy atom. The van der Waals surface area contributed by atoms with Crippen molar-refractivity contribution in [3.8, 4) is 5.75 Å². The molecule has 5 fully saturated rings. The van der Waals surface area contributed by atoms with Crippen molar-refractivity contribution >= 4 is 0 Å². The summed E-state index contributed by atoms with van der Waals surface area (Å²) in [5.41, 5.74) is 2.36. The van der Waals surface area contributed by atoms with Gasteiger partial charge in [-0.05, 0) is 104 Å². The molecule has 4 saturated carbocycles. The van der Waals surface area contributed by atoms with E-state index in [0.717, 1.165) is 43.1 Å². The molecule has 1 aliphatic heterocycles. The maximum atomic E-state index is 6.32. The molecule has 3 nitrogen and oxygen atoms in total. The Hall–Kier alpha value is -1.06. The molecule has 178 valence electrons. The van der Waals surface area contributed by atoms with Gasteiger partial charge in [-0.3, -0.25) is 0 Å². The molecule has 3 heteroatoms. The smallest absolute Gasteiger partial charge is 0.196 e. The zero-order valence-electron chi connectivity index (χ0n) is 21.3. The molecule has 0 amide bonds. The molecular formula is C29H45NO2. The monoisotopic (exact) mass is 439 g/mol. The maximum Gasteiger partial charge on any atom is 0.196 e. The van der Waals surface area contributed by atoms with Crippen LogP contribution in [0.15, 0.2) is 24.3 Å². The van der Waals surface area contributed by atoms with Crippen LogP contribution in [0.3, 0.4) is 0 Å². The minimum Gasteiger partial charge on any atom is -0.465 e. The number of rotatable bonds is 7. The average molecular weight is 440 g/mol. The van der Waals surface area contributed by atoms with Gasteiger partial charge in [-0.2, -0.15) is 0 Å². The van der Waals surface area contributed by atoms with Crippen LogP contribution in [-0.4, -0.2) is 19.4 Å². The average Bonchev–Trinajstić information content (AvgIpc) is 2.69. The van der Waals surface area contributed by atoms with Gasteiger partial charge < -0.3 is 14.8 Å². The van der Waals surface area contributed by atoms with Gasteiger partial charge in [0.05, 0.1) is 12.1 Å². The summed E-state index contributed by atoms with van der Waals surface area (Å²) in [6.45, 7) is 15.8. The van der Waals surface area contributed by atoms with E-state index in [1.807, 2.05) is 0 Å². The van der Waals surface area contributed by atoms with Crippen LogP contribution < -0.4 is 10.1 Å². The van der Waals surface area contributed by atoms with Crippen molar-refractivity contribution < 1.29 is 9.47 Å². The Morgan fingerprint density at radius 2 is 1.53 bits per heavy atom. The summed E-state index contributed by atoms with van der Waals surface area (Å²) < 4.78 is 12.5. The topological polar surface area (TPSA) is 30.5 Å². The zero-order chi connectivity index (χ0) is 22.8. The van der Waals surface area contributed by atoms with Crippen molar-refractivity contribution in [1.29, 1.82) is 0 Å². The second kappa shape index (κ2) is 7.73. The highest BCUT2D eigenvalue weighted by Crippen LogP contribution is 2.60. The van der Waals surface area contributed by atoms with Gasteiger partial charge in [-0.15, -0.1) is 0 Å². The summed E-state index contributed by atoms with van der Waals surface area (Å²) in [7, 11) is 0. The van der Waals surface area contributed by atoms with Crippen molar-refractivity contribution in [2.24, 2.45) is 34.0 Å². The van der Waals surface area contributed by atoms with E-state index in [9.17, 15) is 0 Å². The first-order valence-electron chi connectivity index (χ1n) is 13.1. The summed E-state index contributed by atoms with van der Waals surface area (Å²) in [5.74, 6) is 3.82. The fourth-order valence-electron chi connectivity index (χ4n) is 8.15. The number of benzene rings is 1. The summed E-state index contributed by atoms with van der Waals surface area (Å²) >= 11 is 0. The molecule has 32 heavy (non-hydrogen) atoms. The molecule has 1 heterocycles. The fourth-order valence-corrected chi connectivity index (χ4v) is 8.15. The van der Waals surface area contributed by atoms with Crippen LogP contribution in [0.5, 0.6) is 5.75 Å². The highest BCUT2D eigenvalue weighted by Gasteiger charge is 2.55. The van der Waals surface area contributed by atoms with Crippen LogP contribution in [0.1, 0.15) is 92.1 Å². The van der Waals surface area contributed by atoms with Gasteiger partial charge in [0.15, 0.2) is 6.29 Å². The van der Waals surface area contributed by atoms with Crippen LogP contribution >= 0.6 is 0 Å². The number of nitrogens with one attached hydrogen (secondary N) is 1. The molecule has 0 spiro atoms. The van der Waals surface area contributed by atoms with Crippen molar-refractivity contribution in [1.82, 2.24) is 5.32 Å². The lowest BCUT2D eigenvalue weighted by Gasteiger charge is -2.60. The Balaban J connectivity index is 1.20. The number of hydrogen-bond acceptors (Lipinski definition) is 3. The van der Waals surface area contributed by atoms with Crippen LogP contribution in [0.4, 0.5) is 0 Å². The molecule has 1 aromatic rings. The first-order valence-corrected chi connectivity index (χ1v) is 13.1. The summed E-state index contributed by atoms with van der Waals surface area (Å²) in [4.78, 5) is 0. The Morgan fingerprint density at radius 1 is 0.969 bits per heavy atom. The lowest BCUT2D eigenvalue weighted by atomic mass is 9.50. The Kier molecular flexibility index (Phi) is 5.49. The Labute approximate surface area is 196 Å². The lowest BCUT2D eigenvalue weighted by Crippen LogP contribution is -2.69. The summed E-state index contributed by atoms with van der Waals surface area (Å²) in [6.07, 6.45) is 9.55. The minimum atomic E-state index is -0.198. The van der Waals surface area contributed by atoms with E-state index in [-0.39, 0.29) is 22.7 Å². The third-order valence-corrected chi connectivity index (χ3v) is 9.22. The van der Waals surface area contributed by atoms with Crippen LogP contribution in [-0.2, 0) is 10.3 Å². The van der Waals surface area contributed by atoms with E-state index in [4.69, 9.17) is 9.47 Å². The van der Waals surface area contributed by atoms with Crippen molar-refractivity contribution in [3.63, 3.8) is 0 Å². The van der Waals surface area contributed by atoms with Crippen molar-refractivity contribution in [3.05, 3.63) is 29.8 Å². The van der Waals surface area contributed by atoms with Gasteiger partial charge >= 0.3 is 0 Å². The second-order valence-corrected chi connectivity index (χ2v) is 13.8. The van der Waals surface area contributed by atoms with Gasteiger partial charge in [-0.25, -0.2) is 0 Å². The molecule has 2 unspecified atom stereocenters. The van der Waals surface area contributed by atoms with E-state index in [0.29, 0.717) is 5.41 Å². The highest BCUT2D eigenvalue weighted by atomic mass is 16.7. The van der Waals surface area contributed by atoms with E-state index >= 15 is 0 Å². The molecule has 4 aliphatic carbocycles. The molecule has 0 radical (unpaired) electrons. The number of hydrogen-bond donors (Lipinski definition) is 1.